The Morgan fingerprint density at radius 1 is 1.26 bits per heavy atom. The van der Waals surface area contributed by atoms with Crippen LogP contribution in [0.3, 0.4) is 0 Å². The van der Waals surface area contributed by atoms with Gasteiger partial charge in [-0.05, 0) is 19.8 Å². The predicted octanol–water partition coefficient (Wildman–Crippen LogP) is 3.74. The van der Waals surface area contributed by atoms with E-state index in [1.807, 2.05) is 0 Å². The molecule has 2 N–H and O–H groups in total. The van der Waals surface area contributed by atoms with Crippen molar-refractivity contribution in [1.29, 1.82) is 0 Å². The highest BCUT2D eigenvalue weighted by Crippen LogP contribution is 2.34. The van der Waals surface area contributed by atoms with E-state index in [0.29, 0.717) is 58.2 Å². The number of hydrogen-bond acceptors (Lipinski definition) is 8. The minimum absolute atomic E-state index is 0.0256. The monoisotopic (exact) mass is 526 g/mol. The van der Waals surface area contributed by atoms with E-state index in [0.717, 1.165) is 0 Å². The summed E-state index contributed by atoms with van der Waals surface area (Å²) in [4.78, 5) is 39.6. The largest absolute Gasteiger partial charge is 0.465 e. The number of aryl methyl sites for hydroxylation is 1. The second-order valence-electron chi connectivity index (χ2n) is 7.79. The van der Waals surface area contributed by atoms with Crippen molar-refractivity contribution in [1.82, 2.24) is 24.8 Å². The van der Waals surface area contributed by atoms with Crippen molar-refractivity contribution in [2.45, 2.75) is 32.5 Å². The molecule has 0 aromatic carbocycles. The number of rotatable bonds is 7. The number of ether oxygens (including phenoxy) is 2. The fraction of sp³-hybridized carbons (Fsp3) is 0.429. The Bertz CT molecular complexity index is 1200. The topological polar surface area (TPSA) is 114 Å². The smallest absolute Gasteiger partial charge is 0.350 e. The van der Waals surface area contributed by atoms with Crippen LogP contribution in [-0.4, -0.2) is 64.7 Å². The molecule has 0 aliphatic carbocycles. The first-order valence-electron chi connectivity index (χ1n) is 10.5. The van der Waals surface area contributed by atoms with Crippen molar-refractivity contribution in [2.24, 2.45) is 0 Å². The third-order valence-corrected chi connectivity index (χ3v) is 7.61. The molecule has 1 aliphatic rings. The number of aromatic amines is 1. The Labute approximate surface area is 210 Å². The van der Waals surface area contributed by atoms with Gasteiger partial charge in [0.25, 0.3) is 5.91 Å². The first-order valence-corrected chi connectivity index (χ1v) is 12.1. The summed E-state index contributed by atoms with van der Waals surface area (Å²) in [6.07, 6.45) is 4.81. The molecule has 4 heterocycles. The number of halogens is 2. The summed E-state index contributed by atoms with van der Waals surface area (Å²) in [5, 5.41) is 4.30. The maximum absolute atomic E-state index is 12.6. The number of esters is 1. The van der Waals surface area contributed by atoms with Crippen LogP contribution in [0.1, 0.15) is 38.7 Å². The van der Waals surface area contributed by atoms with Crippen molar-refractivity contribution < 1.29 is 19.1 Å². The number of methoxy groups -OCH3 is 2. The van der Waals surface area contributed by atoms with Crippen molar-refractivity contribution in [2.75, 3.05) is 32.2 Å². The molecule has 3 aromatic heterocycles. The van der Waals surface area contributed by atoms with E-state index in [1.54, 1.807) is 31.0 Å². The lowest BCUT2D eigenvalue weighted by Gasteiger charge is -2.32. The number of carbonyl (C=O) groups is 2. The van der Waals surface area contributed by atoms with Crippen molar-refractivity contribution in [3.63, 3.8) is 0 Å². The Morgan fingerprint density at radius 2 is 2.00 bits per heavy atom. The average molecular weight is 527 g/mol. The summed E-state index contributed by atoms with van der Waals surface area (Å²) >= 11 is 13.5. The average Bonchev–Trinajstić information content (AvgIpc) is 3.54. The van der Waals surface area contributed by atoms with Gasteiger partial charge in [0.15, 0.2) is 11.0 Å². The number of aromatic nitrogens is 4. The molecule has 3 aromatic rings. The summed E-state index contributed by atoms with van der Waals surface area (Å²) in [5.41, 5.74) is 1.38. The van der Waals surface area contributed by atoms with Crippen molar-refractivity contribution >= 4 is 51.5 Å². The third-order valence-electron chi connectivity index (χ3n) is 5.56. The Hall–Kier alpha value is -2.60. The highest BCUT2D eigenvalue weighted by atomic mass is 35.5. The molecular weight excluding hydrogens is 503 g/mol. The third kappa shape index (κ3) is 4.78. The fourth-order valence-electron chi connectivity index (χ4n) is 3.80. The molecule has 1 fully saturated rings. The van der Waals surface area contributed by atoms with Gasteiger partial charge in [-0.3, -0.25) is 4.79 Å². The number of nitrogens with one attached hydrogen (secondary N) is 2. The highest BCUT2D eigenvalue weighted by Gasteiger charge is 2.29. The van der Waals surface area contributed by atoms with Gasteiger partial charge in [-0.15, -0.1) is 0 Å². The first kappa shape index (κ1) is 24.5. The van der Waals surface area contributed by atoms with E-state index in [2.05, 4.69) is 20.2 Å². The van der Waals surface area contributed by atoms with Gasteiger partial charge in [-0.2, -0.15) is 0 Å². The maximum atomic E-state index is 12.6. The molecule has 0 spiro atoms. The number of hydrogen-bond donors (Lipinski definition) is 2. The molecule has 0 atom stereocenters. The summed E-state index contributed by atoms with van der Waals surface area (Å²) in [7, 11) is 2.92. The van der Waals surface area contributed by atoms with Gasteiger partial charge in [0.2, 0.25) is 0 Å². The Morgan fingerprint density at radius 3 is 2.62 bits per heavy atom. The van der Waals surface area contributed by atoms with Gasteiger partial charge in [0.1, 0.15) is 23.0 Å². The fourth-order valence-corrected chi connectivity index (χ4v) is 5.25. The zero-order valence-electron chi connectivity index (χ0n) is 18.9. The van der Waals surface area contributed by atoms with Gasteiger partial charge >= 0.3 is 5.97 Å². The van der Waals surface area contributed by atoms with Crippen LogP contribution in [0.25, 0.3) is 11.5 Å². The van der Waals surface area contributed by atoms with Crippen LogP contribution >= 0.6 is 34.5 Å². The summed E-state index contributed by atoms with van der Waals surface area (Å²) < 4.78 is 12.0. The number of thiazole rings is 1. The number of carbonyl (C=O) groups excluding carboxylic acids is 2. The Balaban J connectivity index is 1.47. The minimum Gasteiger partial charge on any atom is -0.465 e. The summed E-state index contributed by atoms with van der Waals surface area (Å²) in [5.74, 6) is -0.221. The predicted molar refractivity (Wildman–Crippen MR) is 130 cm³/mol. The maximum Gasteiger partial charge on any atom is 0.350 e. The summed E-state index contributed by atoms with van der Waals surface area (Å²) in [6.45, 7) is 3.35. The van der Waals surface area contributed by atoms with Crippen LogP contribution in [0, 0.1) is 6.92 Å². The zero-order chi connectivity index (χ0) is 24.4. The molecule has 34 heavy (non-hydrogen) atoms. The van der Waals surface area contributed by atoms with Gasteiger partial charge in [-0.1, -0.05) is 34.5 Å². The van der Waals surface area contributed by atoms with Crippen LogP contribution < -0.4 is 10.2 Å². The van der Waals surface area contributed by atoms with E-state index in [1.165, 1.54) is 18.4 Å². The number of piperidine rings is 1. The number of imidazole rings is 1. The molecule has 0 unspecified atom stereocenters. The van der Waals surface area contributed by atoms with E-state index >= 15 is 0 Å². The van der Waals surface area contributed by atoms with Gasteiger partial charge in [0.05, 0.1) is 17.2 Å². The van der Waals surface area contributed by atoms with Gasteiger partial charge < -0.3 is 29.2 Å². The number of nitrogens with zero attached hydrogens (tertiary/aromatic N) is 4. The molecule has 1 amide bonds. The molecule has 10 nitrogen and oxygen atoms in total. The van der Waals surface area contributed by atoms with Crippen LogP contribution in [0.4, 0.5) is 5.13 Å². The second kappa shape index (κ2) is 10.3. The molecule has 4 rings (SSSR count). The van der Waals surface area contributed by atoms with Crippen molar-refractivity contribution in [3.05, 3.63) is 38.7 Å². The molecular formula is C21H24Cl2N6O4S. The minimum atomic E-state index is -0.468. The summed E-state index contributed by atoms with van der Waals surface area (Å²) in [6, 6.07) is -0.0256. The lowest BCUT2D eigenvalue weighted by atomic mass is 10.1. The quantitative estimate of drug-likeness (QED) is 0.450. The van der Waals surface area contributed by atoms with E-state index in [-0.39, 0.29) is 29.4 Å². The van der Waals surface area contributed by atoms with Crippen LogP contribution in [0.5, 0.6) is 0 Å². The molecule has 1 aliphatic heterocycles. The van der Waals surface area contributed by atoms with Crippen LogP contribution in [-0.2, 0) is 16.2 Å². The van der Waals surface area contributed by atoms with E-state index in [9.17, 15) is 9.59 Å². The molecule has 13 heteroatoms. The number of H-pyrrole nitrogens is 1. The number of anilines is 1. The molecule has 0 bridgehead atoms. The van der Waals surface area contributed by atoms with Crippen LogP contribution in [0.15, 0.2) is 12.4 Å². The first-order chi connectivity index (χ1) is 16.3. The lowest BCUT2D eigenvalue weighted by molar-refractivity contribution is 0.0606. The Kier molecular flexibility index (Phi) is 7.46. The molecule has 0 radical (unpaired) electrons. The molecule has 0 saturated carbocycles. The SMILES string of the molecule is COCn1ccnc1-c1nc(N2CCC(NC(=O)c3[nH]c(C)c(Cl)c3Cl)CC2)sc1C(=O)OC. The standard InChI is InChI=1S/C21H24Cl2N6O4S/c1-11-13(22)14(23)15(25-11)19(30)26-12-4-7-28(8-5-12)21-27-16(17(34-21)20(31)33-3)18-24-6-9-29(18)10-32-2/h6,9,12,25H,4-5,7-8,10H2,1-3H3,(H,26,30). The normalized spacial score (nSPS) is 14.4. The van der Waals surface area contributed by atoms with Crippen LogP contribution in [0.2, 0.25) is 10.0 Å². The van der Waals surface area contributed by atoms with E-state index < -0.39 is 5.97 Å². The van der Waals surface area contributed by atoms with E-state index in [4.69, 9.17) is 37.7 Å². The lowest BCUT2D eigenvalue weighted by Crippen LogP contribution is -2.44. The highest BCUT2D eigenvalue weighted by molar-refractivity contribution is 7.17. The van der Waals surface area contributed by atoms with Gasteiger partial charge in [0, 0.05) is 44.3 Å². The van der Waals surface area contributed by atoms with Gasteiger partial charge in [-0.25, -0.2) is 14.8 Å². The molecule has 182 valence electrons. The van der Waals surface area contributed by atoms with Crippen molar-refractivity contribution in [3.8, 4) is 11.5 Å². The second-order valence-corrected chi connectivity index (χ2v) is 9.53. The molecule has 1 saturated heterocycles. The number of amides is 1. The zero-order valence-corrected chi connectivity index (χ0v) is 21.2.